The molecule has 0 radical (unpaired) electrons. The average molecular weight is 246 g/mol. The van der Waals surface area contributed by atoms with Crippen molar-refractivity contribution in [1.82, 2.24) is 5.32 Å². The number of hydrogen-bond donors (Lipinski definition) is 2. The first-order valence-electron chi connectivity index (χ1n) is 6.10. The maximum Gasteiger partial charge on any atom is 0.232 e. The van der Waals surface area contributed by atoms with Gasteiger partial charge in [0.25, 0.3) is 0 Å². The van der Waals surface area contributed by atoms with Gasteiger partial charge in [-0.25, -0.2) is 0 Å². The van der Waals surface area contributed by atoms with Gasteiger partial charge in [-0.2, -0.15) is 0 Å². The summed E-state index contributed by atoms with van der Waals surface area (Å²) in [6, 6.07) is 0. The van der Waals surface area contributed by atoms with Gasteiger partial charge in [0.2, 0.25) is 5.91 Å². The largest absolute Gasteiger partial charge is 0.355 e. The maximum absolute atomic E-state index is 11.7. The fraction of sp³-hybridized carbons (Fsp3) is 0.917. The van der Waals surface area contributed by atoms with E-state index in [0.717, 1.165) is 19.4 Å². The molecule has 0 rings (SSSR count). The second kappa shape index (κ2) is 8.88. The van der Waals surface area contributed by atoms with Crippen molar-refractivity contribution in [2.24, 2.45) is 11.7 Å². The quantitative estimate of drug-likeness (QED) is 0.689. The smallest absolute Gasteiger partial charge is 0.232 e. The van der Waals surface area contributed by atoms with E-state index < -0.39 is 0 Å². The molecular formula is C12H26N2OS. The molecule has 3 N–H and O–H groups in total. The zero-order valence-corrected chi connectivity index (χ0v) is 11.8. The second-order valence-electron chi connectivity index (χ2n) is 4.64. The molecule has 4 heteroatoms. The number of thioether (sulfide) groups is 1. The van der Waals surface area contributed by atoms with Crippen molar-refractivity contribution in [3.63, 3.8) is 0 Å². The molecule has 0 aliphatic carbocycles. The van der Waals surface area contributed by atoms with Crippen molar-refractivity contribution in [1.29, 1.82) is 0 Å². The van der Waals surface area contributed by atoms with E-state index in [9.17, 15) is 4.79 Å². The maximum atomic E-state index is 11.7. The molecule has 0 fully saturated rings. The molecule has 16 heavy (non-hydrogen) atoms. The molecule has 1 amide bonds. The summed E-state index contributed by atoms with van der Waals surface area (Å²) in [7, 11) is 0. The van der Waals surface area contributed by atoms with E-state index in [1.807, 2.05) is 6.92 Å². The van der Waals surface area contributed by atoms with Gasteiger partial charge in [0.1, 0.15) is 0 Å². The van der Waals surface area contributed by atoms with Gasteiger partial charge < -0.3 is 11.1 Å². The summed E-state index contributed by atoms with van der Waals surface area (Å²) in [5.41, 5.74) is 5.48. The molecule has 0 aromatic carbocycles. The summed E-state index contributed by atoms with van der Waals surface area (Å²) in [5.74, 6) is 0.786. The standard InChI is InChI=1S/C12H26N2OS/c1-9(2)6-8-14-12(15)11(4)16-10(3)5-7-13/h9-11H,5-8,13H2,1-4H3,(H,14,15). The Bertz CT molecular complexity index is 197. The second-order valence-corrected chi connectivity index (χ2v) is 6.42. The Balaban J connectivity index is 3.72. The van der Waals surface area contributed by atoms with Crippen LogP contribution in [0.25, 0.3) is 0 Å². The Morgan fingerprint density at radius 2 is 1.88 bits per heavy atom. The molecular weight excluding hydrogens is 220 g/mol. The zero-order valence-electron chi connectivity index (χ0n) is 11.0. The highest BCUT2D eigenvalue weighted by Crippen LogP contribution is 2.19. The lowest BCUT2D eigenvalue weighted by atomic mass is 10.1. The number of nitrogens with two attached hydrogens (primary N) is 1. The van der Waals surface area contributed by atoms with E-state index in [2.05, 4.69) is 26.1 Å². The van der Waals surface area contributed by atoms with E-state index in [1.165, 1.54) is 0 Å². The fourth-order valence-corrected chi connectivity index (χ4v) is 2.52. The molecule has 0 aliphatic heterocycles. The van der Waals surface area contributed by atoms with Crippen molar-refractivity contribution in [2.75, 3.05) is 13.1 Å². The van der Waals surface area contributed by atoms with Crippen LogP contribution in [-0.2, 0) is 4.79 Å². The van der Waals surface area contributed by atoms with Crippen LogP contribution in [0.4, 0.5) is 0 Å². The fourth-order valence-electron chi connectivity index (χ4n) is 1.34. The molecule has 0 bridgehead atoms. The van der Waals surface area contributed by atoms with Crippen molar-refractivity contribution < 1.29 is 4.79 Å². The van der Waals surface area contributed by atoms with E-state index >= 15 is 0 Å². The van der Waals surface area contributed by atoms with E-state index in [0.29, 0.717) is 17.7 Å². The van der Waals surface area contributed by atoms with Crippen molar-refractivity contribution in [3.05, 3.63) is 0 Å². The SMILES string of the molecule is CC(C)CCNC(=O)C(C)SC(C)CCN. The number of rotatable bonds is 8. The third-order valence-corrected chi connectivity index (χ3v) is 3.72. The zero-order chi connectivity index (χ0) is 12.6. The van der Waals surface area contributed by atoms with Gasteiger partial charge in [0.05, 0.1) is 5.25 Å². The monoisotopic (exact) mass is 246 g/mol. The van der Waals surface area contributed by atoms with Gasteiger partial charge >= 0.3 is 0 Å². The van der Waals surface area contributed by atoms with E-state index in [1.54, 1.807) is 11.8 Å². The van der Waals surface area contributed by atoms with Gasteiger partial charge in [-0.15, -0.1) is 11.8 Å². The molecule has 0 saturated carbocycles. The molecule has 0 saturated heterocycles. The van der Waals surface area contributed by atoms with Crippen LogP contribution in [0.1, 0.15) is 40.5 Å². The van der Waals surface area contributed by atoms with Gasteiger partial charge in [-0.1, -0.05) is 20.8 Å². The summed E-state index contributed by atoms with van der Waals surface area (Å²) in [4.78, 5) is 11.7. The number of carbonyl (C=O) groups is 1. The Morgan fingerprint density at radius 3 is 2.38 bits per heavy atom. The van der Waals surface area contributed by atoms with Crippen LogP contribution in [0.3, 0.4) is 0 Å². The van der Waals surface area contributed by atoms with Crippen LogP contribution in [0.2, 0.25) is 0 Å². The minimum Gasteiger partial charge on any atom is -0.355 e. The Hall–Kier alpha value is -0.220. The summed E-state index contributed by atoms with van der Waals surface area (Å²) in [6.45, 7) is 9.88. The van der Waals surface area contributed by atoms with Gasteiger partial charge in [0, 0.05) is 11.8 Å². The lowest BCUT2D eigenvalue weighted by Crippen LogP contribution is -2.33. The molecule has 0 aromatic rings. The summed E-state index contributed by atoms with van der Waals surface area (Å²) in [6.07, 6.45) is 2.01. The molecule has 0 spiro atoms. The molecule has 0 heterocycles. The van der Waals surface area contributed by atoms with Crippen molar-refractivity contribution in [3.8, 4) is 0 Å². The molecule has 0 aromatic heterocycles. The molecule has 3 nitrogen and oxygen atoms in total. The number of carbonyl (C=O) groups excluding carboxylic acids is 1. The Morgan fingerprint density at radius 1 is 1.25 bits per heavy atom. The van der Waals surface area contributed by atoms with E-state index in [-0.39, 0.29) is 11.2 Å². The lowest BCUT2D eigenvalue weighted by Gasteiger charge is -2.16. The van der Waals surface area contributed by atoms with Crippen LogP contribution < -0.4 is 11.1 Å². The van der Waals surface area contributed by atoms with Crippen LogP contribution in [0, 0.1) is 5.92 Å². The lowest BCUT2D eigenvalue weighted by molar-refractivity contribution is -0.120. The Kier molecular flexibility index (Phi) is 8.76. The summed E-state index contributed by atoms with van der Waals surface area (Å²) >= 11 is 1.70. The molecule has 96 valence electrons. The first-order valence-corrected chi connectivity index (χ1v) is 7.04. The molecule has 2 unspecified atom stereocenters. The van der Waals surface area contributed by atoms with Gasteiger partial charge in [-0.05, 0) is 32.2 Å². The first kappa shape index (κ1) is 15.8. The highest BCUT2D eigenvalue weighted by Gasteiger charge is 2.15. The van der Waals surface area contributed by atoms with Crippen LogP contribution in [0.15, 0.2) is 0 Å². The molecule has 2 atom stereocenters. The van der Waals surface area contributed by atoms with Crippen molar-refractivity contribution in [2.45, 2.75) is 51.0 Å². The summed E-state index contributed by atoms with van der Waals surface area (Å²) < 4.78 is 0. The third-order valence-electron chi connectivity index (χ3n) is 2.40. The topological polar surface area (TPSA) is 55.1 Å². The minimum atomic E-state index is 0.0220. The van der Waals surface area contributed by atoms with Crippen LogP contribution >= 0.6 is 11.8 Å². The Labute approximate surface area is 104 Å². The molecule has 0 aliphatic rings. The highest BCUT2D eigenvalue weighted by molar-refractivity contribution is 8.01. The van der Waals surface area contributed by atoms with Gasteiger partial charge in [-0.3, -0.25) is 4.79 Å². The first-order chi connectivity index (χ1) is 7.47. The van der Waals surface area contributed by atoms with Crippen LogP contribution in [-0.4, -0.2) is 29.5 Å². The van der Waals surface area contributed by atoms with Crippen LogP contribution in [0.5, 0.6) is 0 Å². The number of nitrogens with one attached hydrogen (secondary N) is 1. The third kappa shape index (κ3) is 7.99. The predicted octanol–water partition coefficient (Wildman–Crippen LogP) is 2.01. The van der Waals surface area contributed by atoms with Crippen molar-refractivity contribution >= 4 is 17.7 Å². The van der Waals surface area contributed by atoms with E-state index in [4.69, 9.17) is 5.73 Å². The summed E-state index contributed by atoms with van der Waals surface area (Å²) in [5, 5.41) is 3.45. The minimum absolute atomic E-state index is 0.0220. The highest BCUT2D eigenvalue weighted by atomic mass is 32.2. The number of hydrogen-bond acceptors (Lipinski definition) is 3. The average Bonchev–Trinajstić information content (AvgIpc) is 2.17. The normalized spacial score (nSPS) is 14.9. The number of amides is 1. The predicted molar refractivity (Wildman–Crippen MR) is 72.7 cm³/mol. The van der Waals surface area contributed by atoms with Gasteiger partial charge in [0.15, 0.2) is 0 Å².